The van der Waals surface area contributed by atoms with Crippen LogP contribution in [0, 0.1) is 23.7 Å². The van der Waals surface area contributed by atoms with Gasteiger partial charge in [-0.1, -0.05) is 27.7 Å². The number of Topliss-reactive ketones (excluding diaryl/α,β-unsaturated/α-hetero) is 1. The van der Waals surface area contributed by atoms with Crippen molar-refractivity contribution in [1.82, 2.24) is 14.8 Å². The average Bonchev–Trinajstić information content (AvgIpc) is 2.85. The van der Waals surface area contributed by atoms with Crippen molar-refractivity contribution in [3.05, 3.63) is 12.2 Å². The Hall–Kier alpha value is -1.19. The number of hydrogen-bond donors (Lipinski definition) is 0. The van der Waals surface area contributed by atoms with E-state index in [1.165, 1.54) is 12.8 Å². The minimum Gasteiger partial charge on any atom is -0.299 e. The summed E-state index contributed by atoms with van der Waals surface area (Å²) in [5, 5.41) is 4.24. The Morgan fingerprint density at radius 3 is 2.48 bits per heavy atom. The van der Waals surface area contributed by atoms with Crippen molar-refractivity contribution in [2.24, 2.45) is 23.7 Å². The lowest BCUT2D eigenvalue weighted by atomic mass is 9.75. The molecule has 0 bridgehead atoms. The Bertz CT molecular complexity index is 456. The van der Waals surface area contributed by atoms with Gasteiger partial charge in [0.2, 0.25) is 0 Å². The molecule has 21 heavy (non-hydrogen) atoms. The van der Waals surface area contributed by atoms with E-state index in [1.807, 2.05) is 4.68 Å². The normalized spacial score (nSPS) is 23.0. The van der Waals surface area contributed by atoms with Crippen molar-refractivity contribution in [3.63, 3.8) is 0 Å². The van der Waals surface area contributed by atoms with E-state index in [-0.39, 0.29) is 5.92 Å². The highest BCUT2D eigenvalue weighted by atomic mass is 16.1. The first-order chi connectivity index (χ1) is 9.97. The van der Waals surface area contributed by atoms with Gasteiger partial charge in [0.15, 0.2) is 0 Å². The third-order valence-electron chi connectivity index (χ3n) is 4.74. The molecule has 0 atom stereocenters. The molecule has 118 valence electrons. The van der Waals surface area contributed by atoms with E-state index < -0.39 is 0 Å². The third kappa shape index (κ3) is 4.39. The minimum atomic E-state index is 0.240. The zero-order valence-corrected chi connectivity index (χ0v) is 13.9. The molecule has 4 heteroatoms. The molecule has 0 unspecified atom stereocenters. The molecule has 1 aliphatic carbocycles. The van der Waals surface area contributed by atoms with Gasteiger partial charge < -0.3 is 0 Å². The molecule has 1 fully saturated rings. The summed E-state index contributed by atoms with van der Waals surface area (Å²) >= 11 is 0. The quantitative estimate of drug-likeness (QED) is 0.806. The van der Waals surface area contributed by atoms with Crippen molar-refractivity contribution in [1.29, 1.82) is 0 Å². The van der Waals surface area contributed by atoms with Crippen LogP contribution in [-0.2, 0) is 17.8 Å². The van der Waals surface area contributed by atoms with Crippen LogP contribution >= 0.6 is 0 Å². The summed E-state index contributed by atoms with van der Waals surface area (Å²) in [7, 11) is 0. The summed E-state index contributed by atoms with van der Waals surface area (Å²) in [6, 6.07) is 0. The molecule has 0 amide bonds. The summed E-state index contributed by atoms with van der Waals surface area (Å²) in [6.07, 6.45) is 6.53. The van der Waals surface area contributed by atoms with Crippen LogP contribution in [0.25, 0.3) is 0 Å². The van der Waals surface area contributed by atoms with Gasteiger partial charge in [0.1, 0.15) is 17.9 Å². The highest BCUT2D eigenvalue weighted by molar-refractivity contribution is 5.82. The molecule has 0 aliphatic heterocycles. The molecular formula is C17H29N3O. The SMILES string of the molecule is CC(C)Cn1ncnc1CC(=O)C1CCC(C(C)C)CC1. The van der Waals surface area contributed by atoms with Gasteiger partial charge in [0, 0.05) is 12.5 Å². The number of ketones is 1. The van der Waals surface area contributed by atoms with Crippen LogP contribution in [0.4, 0.5) is 0 Å². The fraction of sp³-hybridized carbons (Fsp3) is 0.824. The first-order valence-corrected chi connectivity index (χ1v) is 8.36. The predicted molar refractivity (Wildman–Crippen MR) is 83.9 cm³/mol. The Balaban J connectivity index is 1.89. The Labute approximate surface area is 128 Å². The Kier molecular flexibility index (Phi) is 5.54. The number of rotatable bonds is 6. The molecule has 4 nitrogen and oxygen atoms in total. The van der Waals surface area contributed by atoms with Gasteiger partial charge in [0.05, 0.1) is 6.42 Å². The van der Waals surface area contributed by atoms with E-state index in [1.54, 1.807) is 6.33 Å². The lowest BCUT2D eigenvalue weighted by Gasteiger charge is -2.30. The molecular weight excluding hydrogens is 262 g/mol. The van der Waals surface area contributed by atoms with E-state index in [0.29, 0.717) is 18.1 Å². The van der Waals surface area contributed by atoms with Crippen molar-refractivity contribution < 1.29 is 4.79 Å². The molecule has 1 aromatic heterocycles. The van der Waals surface area contributed by atoms with E-state index in [9.17, 15) is 4.79 Å². The van der Waals surface area contributed by atoms with Crippen LogP contribution in [0.2, 0.25) is 0 Å². The van der Waals surface area contributed by atoms with Crippen LogP contribution in [0.15, 0.2) is 6.33 Å². The number of nitrogens with zero attached hydrogens (tertiary/aromatic N) is 3. The Morgan fingerprint density at radius 1 is 1.24 bits per heavy atom. The standard InChI is InChI=1S/C17H29N3O/c1-12(2)10-20-17(18-11-19-20)9-16(21)15-7-5-14(6-8-15)13(3)4/h11-15H,5-10H2,1-4H3. The van der Waals surface area contributed by atoms with Crippen LogP contribution in [-0.4, -0.2) is 20.5 Å². The van der Waals surface area contributed by atoms with Gasteiger partial charge in [-0.2, -0.15) is 5.10 Å². The van der Waals surface area contributed by atoms with Crippen LogP contribution in [0.5, 0.6) is 0 Å². The maximum absolute atomic E-state index is 12.5. The van der Waals surface area contributed by atoms with Gasteiger partial charge >= 0.3 is 0 Å². The second kappa shape index (κ2) is 7.19. The zero-order valence-electron chi connectivity index (χ0n) is 13.9. The first-order valence-electron chi connectivity index (χ1n) is 8.36. The fourth-order valence-electron chi connectivity index (χ4n) is 3.33. The van der Waals surface area contributed by atoms with Gasteiger partial charge in [0.25, 0.3) is 0 Å². The minimum absolute atomic E-state index is 0.240. The molecule has 2 rings (SSSR count). The average molecular weight is 291 g/mol. The van der Waals surface area contributed by atoms with Crippen molar-refractivity contribution in [2.75, 3.05) is 0 Å². The van der Waals surface area contributed by atoms with Crippen LogP contribution in [0.3, 0.4) is 0 Å². The first kappa shape index (κ1) is 16.2. The van der Waals surface area contributed by atoms with E-state index >= 15 is 0 Å². The van der Waals surface area contributed by atoms with Crippen LogP contribution < -0.4 is 0 Å². The summed E-state index contributed by atoms with van der Waals surface area (Å²) in [5.41, 5.74) is 0. The summed E-state index contributed by atoms with van der Waals surface area (Å²) in [6.45, 7) is 9.73. The summed E-state index contributed by atoms with van der Waals surface area (Å²) in [4.78, 5) is 16.8. The summed E-state index contributed by atoms with van der Waals surface area (Å²) < 4.78 is 1.89. The lowest BCUT2D eigenvalue weighted by molar-refractivity contribution is -0.123. The molecule has 0 N–H and O–H groups in total. The van der Waals surface area contributed by atoms with E-state index in [4.69, 9.17) is 0 Å². The van der Waals surface area contributed by atoms with Crippen LogP contribution in [0.1, 0.15) is 59.2 Å². The lowest BCUT2D eigenvalue weighted by Crippen LogP contribution is -2.26. The maximum Gasteiger partial charge on any atom is 0.143 e. The molecule has 0 saturated heterocycles. The third-order valence-corrected chi connectivity index (χ3v) is 4.74. The fourth-order valence-corrected chi connectivity index (χ4v) is 3.33. The predicted octanol–water partition coefficient (Wildman–Crippen LogP) is 3.51. The van der Waals surface area contributed by atoms with Gasteiger partial charge in [-0.15, -0.1) is 0 Å². The molecule has 0 aromatic carbocycles. The summed E-state index contributed by atoms with van der Waals surface area (Å²) in [5.74, 6) is 3.50. The monoisotopic (exact) mass is 291 g/mol. The van der Waals surface area contributed by atoms with Crippen molar-refractivity contribution in [2.45, 2.75) is 66.3 Å². The second-order valence-corrected chi connectivity index (χ2v) is 7.25. The Morgan fingerprint density at radius 2 is 1.90 bits per heavy atom. The molecule has 0 spiro atoms. The topological polar surface area (TPSA) is 47.8 Å². The van der Waals surface area contributed by atoms with E-state index in [0.717, 1.165) is 37.0 Å². The number of carbonyl (C=O) groups excluding carboxylic acids is 1. The van der Waals surface area contributed by atoms with Gasteiger partial charge in [-0.05, 0) is 43.4 Å². The van der Waals surface area contributed by atoms with Crippen molar-refractivity contribution in [3.8, 4) is 0 Å². The molecule has 1 heterocycles. The number of hydrogen-bond acceptors (Lipinski definition) is 3. The smallest absolute Gasteiger partial charge is 0.143 e. The van der Waals surface area contributed by atoms with Gasteiger partial charge in [-0.3, -0.25) is 4.79 Å². The van der Waals surface area contributed by atoms with Gasteiger partial charge in [-0.25, -0.2) is 9.67 Å². The highest BCUT2D eigenvalue weighted by Crippen LogP contribution is 2.34. The highest BCUT2D eigenvalue weighted by Gasteiger charge is 2.28. The zero-order chi connectivity index (χ0) is 15.4. The molecule has 1 saturated carbocycles. The number of aromatic nitrogens is 3. The molecule has 1 aliphatic rings. The molecule has 0 radical (unpaired) electrons. The maximum atomic E-state index is 12.5. The molecule has 1 aromatic rings. The largest absolute Gasteiger partial charge is 0.299 e. The number of carbonyl (C=O) groups is 1. The van der Waals surface area contributed by atoms with Crippen molar-refractivity contribution >= 4 is 5.78 Å². The van der Waals surface area contributed by atoms with E-state index in [2.05, 4.69) is 37.8 Å². The second-order valence-electron chi connectivity index (χ2n) is 7.25.